The molecule has 1 aromatic carbocycles. The van der Waals surface area contributed by atoms with Crippen LogP contribution in [0.2, 0.25) is 0 Å². The van der Waals surface area contributed by atoms with Crippen LogP contribution in [0.1, 0.15) is 18.4 Å². The van der Waals surface area contributed by atoms with Crippen LogP contribution in [-0.2, 0) is 10.0 Å². The lowest BCUT2D eigenvalue weighted by atomic mass is 10.0. The Bertz CT molecular complexity index is 483. The van der Waals surface area contributed by atoms with Gasteiger partial charge in [0.15, 0.2) is 0 Å². The second kappa shape index (κ2) is 5.72. The van der Waals surface area contributed by atoms with E-state index < -0.39 is 10.0 Å². The molecule has 1 atom stereocenters. The molecule has 1 aliphatic heterocycles. The number of rotatable bonds is 5. The van der Waals surface area contributed by atoms with Crippen molar-refractivity contribution in [1.82, 2.24) is 4.31 Å². The van der Waals surface area contributed by atoms with Crippen LogP contribution in [0.4, 0.5) is 0 Å². The molecule has 0 bridgehead atoms. The fraction of sp³-hybridized carbons (Fsp3) is 0.538. The van der Waals surface area contributed by atoms with E-state index in [1.54, 1.807) is 4.31 Å². The highest BCUT2D eigenvalue weighted by atomic mass is 79.9. The first-order valence-corrected chi connectivity index (χ1v) is 8.84. The molecule has 0 amide bonds. The third kappa shape index (κ3) is 3.13. The predicted octanol–water partition coefficient (Wildman–Crippen LogP) is 2.45. The number of halogens is 1. The third-order valence-electron chi connectivity index (χ3n) is 3.36. The van der Waals surface area contributed by atoms with Gasteiger partial charge in [0, 0.05) is 18.4 Å². The summed E-state index contributed by atoms with van der Waals surface area (Å²) in [5, 5.41) is 0.882. The molecular weight excluding hydrogens is 314 g/mol. The molecule has 2 rings (SSSR count). The molecule has 1 unspecified atom stereocenters. The number of benzene rings is 1. The lowest BCUT2D eigenvalue weighted by molar-refractivity contribution is 0.223. The summed E-state index contributed by atoms with van der Waals surface area (Å²) < 4.78 is 25.9. The fourth-order valence-corrected chi connectivity index (χ4v) is 4.47. The van der Waals surface area contributed by atoms with Gasteiger partial charge in [0.2, 0.25) is 10.0 Å². The molecule has 1 aliphatic rings. The van der Waals surface area contributed by atoms with Crippen LogP contribution in [0.15, 0.2) is 30.3 Å². The minimum atomic E-state index is -3.10. The second-order valence-electron chi connectivity index (χ2n) is 4.93. The fourth-order valence-electron chi connectivity index (χ4n) is 2.15. The highest BCUT2D eigenvalue weighted by molar-refractivity contribution is 9.09. The lowest BCUT2D eigenvalue weighted by Crippen LogP contribution is -2.51. The van der Waals surface area contributed by atoms with E-state index in [9.17, 15) is 8.42 Å². The molecule has 3 nitrogen and oxygen atoms in total. The van der Waals surface area contributed by atoms with Crippen LogP contribution >= 0.6 is 15.9 Å². The average Bonchev–Trinajstić information content (AvgIpc) is 2.27. The van der Waals surface area contributed by atoms with Crippen LogP contribution in [0, 0.1) is 5.92 Å². The summed E-state index contributed by atoms with van der Waals surface area (Å²) >= 11 is 3.39. The van der Waals surface area contributed by atoms with E-state index in [0.717, 1.165) is 10.9 Å². The average molecular weight is 332 g/mol. The number of nitrogens with zero attached hydrogens (tertiary/aromatic N) is 1. The molecule has 0 radical (unpaired) electrons. The van der Waals surface area contributed by atoms with Gasteiger partial charge in [-0.1, -0.05) is 53.2 Å². The first kappa shape index (κ1) is 14.0. The van der Waals surface area contributed by atoms with Crippen LogP contribution in [0.5, 0.6) is 0 Å². The minimum Gasteiger partial charge on any atom is -0.212 e. The van der Waals surface area contributed by atoms with Gasteiger partial charge in [-0.05, 0) is 17.4 Å². The van der Waals surface area contributed by atoms with Gasteiger partial charge in [0.25, 0.3) is 0 Å². The molecule has 18 heavy (non-hydrogen) atoms. The van der Waals surface area contributed by atoms with E-state index in [-0.39, 0.29) is 11.7 Å². The molecule has 5 heteroatoms. The van der Waals surface area contributed by atoms with Crippen molar-refractivity contribution < 1.29 is 8.42 Å². The highest BCUT2D eigenvalue weighted by Crippen LogP contribution is 2.25. The van der Waals surface area contributed by atoms with Crippen LogP contribution in [0.3, 0.4) is 0 Å². The molecule has 0 saturated carbocycles. The van der Waals surface area contributed by atoms with Crippen molar-refractivity contribution in [1.29, 1.82) is 0 Å². The third-order valence-corrected chi connectivity index (χ3v) is 6.29. The van der Waals surface area contributed by atoms with Crippen molar-refractivity contribution in [3.63, 3.8) is 0 Å². The maximum absolute atomic E-state index is 12.2. The first-order chi connectivity index (χ1) is 8.53. The van der Waals surface area contributed by atoms with E-state index >= 15 is 0 Å². The zero-order valence-electron chi connectivity index (χ0n) is 10.4. The van der Waals surface area contributed by atoms with Crippen molar-refractivity contribution >= 4 is 26.0 Å². The predicted molar refractivity (Wildman–Crippen MR) is 77.5 cm³/mol. The largest absolute Gasteiger partial charge is 0.214 e. The van der Waals surface area contributed by atoms with Crippen molar-refractivity contribution in [2.45, 2.75) is 12.8 Å². The molecule has 0 spiro atoms. The molecule has 0 aliphatic carbocycles. The zero-order valence-corrected chi connectivity index (χ0v) is 12.8. The van der Waals surface area contributed by atoms with Crippen molar-refractivity contribution in [3.8, 4) is 0 Å². The van der Waals surface area contributed by atoms with Gasteiger partial charge < -0.3 is 0 Å². The van der Waals surface area contributed by atoms with Crippen molar-refractivity contribution in [2.24, 2.45) is 5.92 Å². The number of hydrogen-bond donors (Lipinski definition) is 0. The normalized spacial score (nSPS) is 19.4. The SMILES string of the molecule is CC(CS(=O)(=O)N1CC(CBr)C1)c1ccccc1. The summed E-state index contributed by atoms with van der Waals surface area (Å²) in [6.07, 6.45) is 0. The van der Waals surface area contributed by atoms with Crippen molar-refractivity contribution in [3.05, 3.63) is 35.9 Å². The Balaban J connectivity index is 1.97. The Labute approximate surface area is 117 Å². The minimum absolute atomic E-state index is 0.0409. The topological polar surface area (TPSA) is 37.4 Å². The van der Waals surface area contributed by atoms with E-state index in [2.05, 4.69) is 15.9 Å². The molecule has 1 aromatic rings. The van der Waals surface area contributed by atoms with E-state index in [4.69, 9.17) is 0 Å². The Morgan fingerprint density at radius 2 is 1.94 bits per heavy atom. The highest BCUT2D eigenvalue weighted by Gasteiger charge is 2.35. The van der Waals surface area contributed by atoms with Gasteiger partial charge >= 0.3 is 0 Å². The van der Waals surface area contributed by atoms with Gasteiger partial charge in [0.05, 0.1) is 5.75 Å². The molecule has 0 aromatic heterocycles. The second-order valence-corrected chi connectivity index (χ2v) is 7.59. The molecule has 1 saturated heterocycles. The van der Waals surface area contributed by atoms with Gasteiger partial charge in [0.1, 0.15) is 0 Å². The quantitative estimate of drug-likeness (QED) is 0.777. The Hall–Kier alpha value is -0.390. The van der Waals surface area contributed by atoms with Crippen LogP contribution in [0.25, 0.3) is 0 Å². The van der Waals surface area contributed by atoms with Crippen molar-refractivity contribution in [2.75, 3.05) is 24.2 Å². The first-order valence-electron chi connectivity index (χ1n) is 6.11. The molecule has 1 heterocycles. The molecule has 0 N–H and O–H groups in total. The maximum atomic E-state index is 12.2. The number of sulfonamides is 1. The number of hydrogen-bond acceptors (Lipinski definition) is 2. The summed E-state index contributed by atoms with van der Waals surface area (Å²) in [5.41, 5.74) is 1.08. The van der Waals surface area contributed by atoms with Crippen LogP contribution < -0.4 is 0 Å². The van der Waals surface area contributed by atoms with Gasteiger partial charge in [-0.3, -0.25) is 0 Å². The Kier molecular flexibility index (Phi) is 4.45. The summed E-state index contributed by atoms with van der Waals surface area (Å²) in [4.78, 5) is 0. The van der Waals surface area contributed by atoms with E-state index in [1.807, 2.05) is 37.3 Å². The van der Waals surface area contributed by atoms with E-state index in [1.165, 1.54) is 0 Å². The Morgan fingerprint density at radius 1 is 1.33 bits per heavy atom. The standard InChI is InChI=1S/C13H18BrNO2S/c1-11(13-5-3-2-4-6-13)10-18(16,17)15-8-12(7-14)9-15/h2-6,11-12H,7-10H2,1H3. The summed E-state index contributed by atoms with van der Waals surface area (Å²) in [7, 11) is -3.10. The van der Waals surface area contributed by atoms with Gasteiger partial charge in [-0.2, -0.15) is 0 Å². The lowest BCUT2D eigenvalue weighted by Gasteiger charge is -2.37. The number of alkyl halides is 1. The van der Waals surface area contributed by atoms with Crippen LogP contribution in [-0.4, -0.2) is 36.9 Å². The molecule has 100 valence electrons. The molecule has 1 fully saturated rings. The summed E-state index contributed by atoms with van der Waals surface area (Å²) in [6, 6.07) is 9.81. The maximum Gasteiger partial charge on any atom is 0.214 e. The molecular formula is C13H18BrNO2S. The Morgan fingerprint density at radius 3 is 2.50 bits per heavy atom. The van der Waals surface area contributed by atoms with Gasteiger partial charge in [-0.25, -0.2) is 12.7 Å². The summed E-state index contributed by atoms with van der Waals surface area (Å²) in [5.74, 6) is 0.720. The summed E-state index contributed by atoms with van der Waals surface area (Å²) in [6.45, 7) is 3.29. The monoisotopic (exact) mass is 331 g/mol. The van der Waals surface area contributed by atoms with E-state index in [0.29, 0.717) is 19.0 Å². The van der Waals surface area contributed by atoms with Gasteiger partial charge in [-0.15, -0.1) is 0 Å². The zero-order chi connectivity index (χ0) is 13.2. The smallest absolute Gasteiger partial charge is 0.212 e.